The third-order valence-electron chi connectivity index (χ3n) is 3.72. The summed E-state index contributed by atoms with van der Waals surface area (Å²) in [6, 6.07) is 2.28. The van der Waals surface area contributed by atoms with Gasteiger partial charge in [0.2, 0.25) is 0 Å². The molecule has 0 saturated carbocycles. The van der Waals surface area contributed by atoms with E-state index in [1.54, 1.807) is 16.7 Å². The fourth-order valence-corrected chi connectivity index (χ4v) is 3.53. The van der Waals surface area contributed by atoms with E-state index in [0.29, 0.717) is 13.1 Å². The highest BCUT2D eigenvalue weighted by Gasteiger charge is 2.33. The Morgan fingerprint density at radius 3 is 2.45 bits per heavy atom. The minimum atomic E-state index is -0.708. The van der Waals surface area contributed by atoms with Gasteiger partial charge in [-0.1, -0.05) is 0 Å². The molecule has 1 aromatic carbocycles. The Balaban J connectivity index is 1.87. The van der Waals surface area contributed by atoms with Crippen molar-refractivity contribution in [2.75, 3.05) is 47.5 Å². The summed E-state index contributed by atoms with van der Waals surface area (Å²) in [7, 11) is 0. The molecule has 2 aliphatic heterocycles. The van der Waals surface area contributed by atoms with Gasteiger partial charge in [-0.2, -0.15) is 11.8 Å². The molecule has 2 heterocycles. The maximum absolute atomic E-state index is 14.3. The van der Waals surface area contributed by atoms with Crippen molar-refractivity contribution in [2.45, 2.75) is 6.10 Å². The monoisotopic (exact) mass is 330 g/mol. The topological polar surface area (TPSA) is 53.0 Å². The second-order valence-electron chi connectivity index (χ2n) is 5.16. The molecule has 2 aliphatic rings. The van der Waals surface area contributed by atoms with Crippen LogP contribution >= 0.6 is 11.8 Å². The number of benzene rings is 1. The van der Waals surface area contributed by atoms with Crippen LogP contribution in [-0.2, 0) is 4.74 Å². The number of ether oxygens (including phenoxy) is 1. The number of halogens is 2. The van der Waals surface area contributed by atoms with Crippen LogP contribution in [-0.4, -0.2) is 55.1 Å². The van der Waals surface area contributed by atoms with E-state index >= 15 is 0 Å². The molecule has 22 heavy (non-hydrogen) atoms. The summed E-state index contributed by atoms with van der Waals surface area (Å²) in [5.41, 5.74) is 0.0569. The van der Waals surface area contributed by atoms with Gasteiger partial charge in [0.1, 0.15) is 11.8 Å². The first-order chi connectivity index (χ1) is 10.6. The van der Waals surface area contributed by atoms with Gasteiger partial charge in [-0.05, 0) is 0 Å². The van der Waals surface area contributed by atoms with E-state index in [4.69, 9.17) is 9.84 Å². The molecule has 0 aliphatic carbocycles. The zero-order valence-electron chi connectivity index (χ0n) is 11.8. The van der Waals surface area contributed by atoms with Gasteiger partial charge in [-0.25, -0.2) is 13.6 Å². The molecule has 2 saturated heterocycles. The summed E-state index contributed by atoms with van der Waals surface area (Å²) in [6.07, 6.45) is -1.38. The van der Waals surface area contributed by atoms with Gasteiger partial charge in [-0.15, -0.1) is 0 Å². The van der Waals surface area contributed by atoms with Crippen LogP contribution in [0.4, 0.5) is 25.0 Å². The van der Waals surface area contributed by atoms with E-state index in [1.807, 2.05) is 0 Å². The molecule has 5 nitrogen and oxygen atoms in total. The Morgan fingerprint density at radius 2 is 1.91 bits per heavy atom. The summed E-state index contributed by atoms with van der Waals surface area (Å²) < 4.78 is 33.6. The normalized spacial score (nSPS) is 22.1. The van der Waals surface area contributed by atoms with Crippen molar-refractivity contribution in [1.29, 1.82) is 0 Å². The Morgan fingerprint density at radius 1 is 1.27 bits per heavy atom. The first kappa shape index (κ1) is 15.4. The third kappa shape index (κ3) is 2.85. The first-order valence-corrected chi connectivity index (χ1v) is 8.16. The van der Waals surface area contributed by atoms with Gasteiger partial charge in [0.05, 0.1) is 18.8 Å². The molecule has 3 rings (SSSR count). The van der Waals surface area contributed by atoms with Crippen molar-refractivity contribution in [3.63, 3.8) is 0 Å². The number of anilines is 2. The van der Waals surface area contributed by atoms with E-state index in [-0.39, 0.29) is 24.5 Å². The van der Waals surface area contributed by atoms with E-state index in [0.717, 1.165) is 28.5 Å². The summed E-state index contributed by atoms with van der Waals surface area (Å²) in [5.74, 6) is 0.276. The standard InChI is InChI=1S/C14H16F2N2O3S/c15-11-5-9(18-7-10(8-19)21-14(18)20)6-12(16)13(11)17-1-3-22-4-2-17/h5-6,10,19H,1-4,7-8H2/t10-/m1/s1. The zero-order valence-corrected chi connectivity index (χ0v) is 12.6. The highest BCUT2D eigenvalue weighted by Crippen LogP contribution is 2.32. The van der Waals surface area contributed by atoms with Crippen molar-refractivity contribution in [1.82, 2.24) is 0 Å². The van der Waals surface area contributed by atoms with Gasteiger partial charge in [-0.3, -0.25) is 4.90 Å². The number of thioether (sulfide) groups is 1. The number of hydrogen-bond donors (Lipinski definition) is 1. The van der Waals surface area contributed by atoms with E-state index < -0.39 is 23.8 Å². The molecule has 0 aromatic heterocycles. The maximum Gasteiger partial charge on any atom is 0.414 e. The van der Waals surface area contributed by atoms with Crippen molar-refractivity contribution >= 4 is 29.2 Å². The Labute approximate surface area is 130 Å². The summed E-state index contributed by atoms with van der Waals surface area (Å²) in [4.78, 5) is 14.5. The van der Waals surface area contributed by atoms with Crippen LogP contribution in [0.1, 0.15) is 0 Å². The smallest absolute Gasteiger partial charge is 0.414 e. The first-order valence-electron chi connectivity index (χ1n) is 7.01. The van der Waals surface area contributed by atoms with Crippen molar-refractivity contribution in [3.05, 3.63) is 23.8 Å². The van der Waals surface area contributed by atoms with Crippen molar-refractivity contribution in [3.8, 4) is 0 Å². The number of nitrogens with zero attached hydrogens (tertiary/aromatic N) is 2. The Kier molecular flexibility index (Phi) is 4.39. The van der Waals surface area contributed by atoms with Gasteiger partial charge >= 0.3 is 6.09 Å². The molecule has 0 radical (unpaired) electrons. The van der Waals surface area contributed by atoms with Gasteiger partial charge in [0.25, 0.3) is 0 Å². The molecule has 0 bridgehead atoms. The van der Waals surface area contributed by atoms with E-state index in [9.17, 15) is 13.6 Å². The highest BCUT2D eigenvalue weighted by molar-refractivity contribution is 7.99. The van der Waals surface area contributed by atoms with Crippen LogP contribution in [0.3, 0.4) is 0 Å². The largest absolute Gasteiger partial charge is 0.441 e. The molecule has 1 N–H and O–H groups in total. The molecular weight excluding hydrogens is 314 g/mol. The number of rotatable bonds is 3. The molecule has 2 fully saturated rings. The number of hydrogen-bond acceptors (Lipinski definition) is 5. The second-order valence-corrected chi connectivity index (χ2v) is 6.38. The number of aliphatic hydroxyl groups is 1. The summed E-state index contributed by atoms with van der Waals surface area (Å²) in [5, 5.41) is 9.01. The van der Waals surface area contributed by atoms with Gasteiger partial charge in [0, 0.05) is 36.7 Å². The fraction of sp³-hybridized carbons (Fsp3) is 0.500. The lowest BCUT2D eigenvalue weighted by Crippen LogP contribution is -2.34. The minimum Gasteiger partial charge on any atom is -0.441 e. The fourth-order valence-electron chi connectivity index (χ4n) is 2.62. The number of amides is 1. The van der Waals surface area contributed by atoms with Crippen LogP contribution in [0, 0.1) is 11.6 Å². The van der Waals surface area contributed by atoms with Crippen LogP contribution in [0.2, 0.25) is 0 Å². The lowest BCUT2D eigenvalue weighted by atomic mass is 10.2. The Bertz CT molecular complexity index is 558. The second kappa shape index (κ2) is 6.29. The van der Waals surface area contributed by atoms with E-state index in [1.165, 1.54) is 0 Å². The number of carbonyl (C=O) groups excluding carboxylic acids is 1. The molecule has 120 valence electrons. The SMILES string of the molecule is O=C1O[C@@H](CO)CN1c1cc(F)c(N2CCSCC2)c(F)c1. The number of cyclic esters (lactones) is 1. The van der Waals surface area contributed by atoms with Gasteiger partial charge in [0.15, 0.2) is 11.6 Å². The minimum absolute atomic E-state index is 0.0460. The predicted molar refractivity (Wildman–Crippen MR) is 80.6 cm³/mol. The molecule has 0 unspecified atom stereocenters. The molecule has 8 heteroatoms. The van der Waals surface area contributed by atoms with Crippen LogP contribution in [0.5, 0.6) is 0 Å². The van der Waals surface area contributed by atoms with Crippen molar-refractivity contribution in [2.24, 2.45) is 0 Å². The third-order valence-corrected chi connectivity index (χ3v) is 4.66. The molecule has 0 spiro atoms. The lowest BCUT2D eigenvalue weighted by molar-refractivity contribution is 0.0963. The average Bonchev–Trinajstić information content (AvgIpc) is 2.89. The van der Waals surface area contributed by atoms with Gasteiger partial charge < -0.3 is 14.7 Å². The van der Waals surface area contributed by atoms with Crippen LogP contribution in [0.15, 0.2) is 12.1 Å². The molecule has 1 atom stereocenters. The van der Waals surface area contributed by atoms with Crippen LogP contribution in [0.25, 0.3) is 0 Å². The molecule has 1 amide bonds. The highest BCUT2D eigenvalue weighted by atomic mass is 32.2. The quantitative estimate of drug-likeness (QED) is 0.916. The number of aliphatic hydroxyl groups excluding tert-OH is 1. The molecular formula is C14H16F2N2O3S. The number of carbonyl (C=O) groups is 1. The summed E-state index contributed by atoms with van der Waals surface area (Å²) >= 11 is 1.75. The average molecular weight is 330 g/mol. The predicted octanol–water partition coefficient (Wildman–Crippen LogP) is 1.84. The summed E-state index contributed by atoms with van der Waals surface area (Å²) in [6.45, 7) is 0.942. The zero-order chi connectivity index (χ0) is 15.7. The molecule has 1 aromatic rings. The Hall–Kier alpha value is -1.54. The van der Waals surface area contributed by atoms with Crippen molar-refractivity contribution < 1.29 is 23.4 Å². The van der Waals surface area contributed by atoms with E-state index in [2.05, 4.69) is 0 Å². The maximum atomic E-state index is 14.3. The lowest BCUT2D eigenvalue weighted by Gasteiger charge is -2.29. The van der Waals surface area contributed by atoms with Crippen LogP contribution < -0.4 is 9.80 Å².